The molecule has 0 amide bonds. The molecule has 0 saturated heterocycles. The second-order valence-electron chi connectivity index (χ2n) is 8.76. The third kappa shape index (κ3) is 2.05. The number of hydrogen-bond acceptors (Lipinski definition) is 3. The normalized spacial score (nSPS) is 49.0. The summed E-state index contributed by atoms with van der Waals surface area (Å²) >= 11 is 0. The van der Waals surface area contributed by atoms with Crippen molar-refractivity contribution in [2.75, 3.05) is 0 Å². The van der Waals surface area contributed by atoms with E-state index in [-0.39, 0.29) is 17.1 Å². The van der Waals surface area contributed by atoms with Gasteiger partial charge in [0.2, 0.25) is 0 Å². The molecule has 0 aromatic rings. The highest BCUT2D eigenvalue weighted by Crippen LogP contribution is 2.64. The topological polar surface area (TPSA) is 54.4 Å². The summed E-state index contributed by atoms with van der Waals surface area (Å²) in [5, 5.41) is 11.4. The summed E-state index contributed by atoms with van der Waals surface area (Å²) in [7, 11) is 0. The van der Waals surface area contributed by atoms with Crippen molar-refractivity contribution < 1.29 is 14.7 Å². The molecule has 0 unspecified atom stereocenters. The molecular formula is C20H28O3. The molecule has 0 aliphatic heterocycles. The number of Topliss-reactive ketones (excluding diaryl/α,β-unsaturated/α-hetero) is 1. The number of carbonyl (C=O) groups is 2. The average Bonchev–Trinajstić information content (AvgIpc) is 2.85. The molecule has 0 aromatic carbocycles. The van der Waals surface area contributed by atoms with Crippen LogP contribution in [0.5, 0.6) is 0 Å². The summed E-state index contributed by atoms with van der Waals surface area (Å²) < 4.78 is 0. The van der Waals surface area contributed by atoms with Gasteiger partial charge in [0, 0.05) is 12.3 Å². The van der Waals surface area contributed by atoms with Gasteiger partial charge >= 0.3 is 0 Å². The molecule has 0 bridgehead atoms. The Hall–Kier alpha value is -0.960. The number of ketones is 2. The van der Waals surface area contributed by atoms with Crippen LogP contribution in [0.1, 0.15) is 65.2 Å². The van der Waals surface area contributed by atoms with Crippen molar-refractivity contribution in [2.24, 2.45) is 29.1 Å². The summed E-state index contributed by atoms with van der Waals surface area (Å²) in [4.78, 5) is 23.8. The highest BCUT2D eigenvalue weighted by Gasteiger charge is 2.60. The van der Waals surface area contributed by atoms with Gasteiger partial charge in [-0.05, 0) is 86.7 Å². The van der Waals surface area contributed by atoms with Crippen molar-refractivity contribution in [3.63, 3.8) is 0 Å². The number of carbonyl (C=O) groups excluding carboxylic acids is 2. The minimum absolute atomic E-state index is 0.134. The van der Waals surface area contributed by atoms with Gasteiger partial charge in [-0.3, -0.25) is 9.59 Å². The predicted octanol–water partition coefficient (Wildman–Crippen LogP) is 3.45. The number of aliphatic hydroxyl groups is 1. The molecule has 3 saturated carbocycles. The zero-order valence-electron chi connectivity index (χ0n) is 14.3. The third-order valence-corrected chi connectivity index (χ3v) is 7.93. The van der Waals surface area contributed by atoms with Crippen LogP contribution in [0.3, 0.4) is 0 Å². The Bertz CT molecular complexity index is 592. The van der Waals surface area contributed by atoms with Crippen molar-refractivity contribution >= 4 is 11.6 Å². The summed E-state index contributed by atoms with van der Waals surface area (Å²) in [5.41, 5.74) is 0.390. The summed E-state index contributed by atoms with van der Waals surface area (Å²) in [5.74, 6) is 2.13. The minimum Gasteiger partial charge on any atom is -0.385 e. The molecule has 6 atom stereocenters. The summed E-state index contributed by atoms with van der Waals surface area (Å²) in [6, 6.07) is 0. The Labute approximate surface area is 138 Å². The number of rotatable bonds is 1. The molecule has 4 rings (SSSR count). The standard InChI is InChI=1S/C20H28O3/c1-12(21)16-5-6-17-15-4-3-13-11-14(22)7-10-20(13,23)18(15)8-9-19(16,17)2/h11,15-18,23H,3-10H2,1-2H3/t15-,16+,17-,18-,19+,20+/m0/s1. The van der Waals surface area contributed by atoms with Crippen molar-refractivity contribution in [1.82, 2.24) is 0 Å². The van der Waals surface area contributed by atoms with Crippen LogP contribution in [0.4, 0.5) is 0 Å². The van der Waals surface area contributed by atoms with Crippen LogP contribution in [0, 0.1) is 29.1 Å². The van der Waals surface area contributed by atoms with Gasteiger partial charge in [-0.2, -0.15) is 0 Å². The van der Waals surface area contributed by atoms with E-state index in [1.54, 1.807) is 13.0 Å². The van der Waals surface area contributed by atoms with Crippen LogP contribution in [0.2, 0.25) is 0 Å². The maximum atomic E-state index is 12.1. The minimum atomic E-state index is -0.744. The van der Waals surface area contributed by atoms with E-state index in [4.69, 9.17) is 0 Å². The molecular weight excluding hydrogens is 288 g/mol. The first-order chi connectivity index (χ1) is 10.9. The van der Waals surface area contributed by atoms with Crippen LogP contribution in [0.25, 0.3) is 0 Å². The first kappa shape index (κ1) is 15.6. The molecule has 23 heavy (non-hydrogen) atoms. The van der Waals surface area contributed by atoms with E-state index in [0.29, 0.717) is 36.4 Å². The van der Waals surface area contributed by atoms with E-state index >= 15 is 0 Å². The second kappa shape index (κ2) is 5.02. The Kier molecular flexibility index (Phi) is 3.39. The predicted molar refractivity (Wildman–Crippen MR) is 87.7 cm³/mol. The lowest BCUT2D eigenvalue weighted by Crippen LogP contribution is -2.55. The largest absolute Gasteiger partial charge is 0.385 e. The highest BCUT2D eigenvalue weighted by atomic mass is 16.3. The van der Waals surface area contributed by atoms with Crippen molar-refractivity contribution in [3.8, 4) is 0 Å². The van der Waals surface area contributed by atoms with E-state index < -0.39 is 5.60 Å². The summed E-state index contributed by atoms with van der Waals surface area (Å²) in [6.45, 7) is 4.08. The fourth-order valence-electron chi connectivity index (χ4n) is 6.85. The molecule has 3 nitrogen and oxygen atoms in total. The van der Waals surface area contributed by atoms with E-state index in [1.807, 2.05) is 0 Å². The van der Waals surface area contributed by atoms with Crippen LogP contribution in [-0.4, -0.2) is 22.3 Å². The molecule has 4 aliphatic carbocycles. The molecule has 0 spiro atoms. The molecule has 3 heteroatoms. The Balaban J connectivity index is 1.67. The van der Waals surface area contributed by atoms with E-state index in [9.17, 15) is 14.7 Å². The van der Waals surface area contributed by atoms with Crippen molar-refractivity contribution in [3.05, 3.63) is 11.6 Å². The Morgan fingerprint density at radius 1 is 1.13 bits per heavy atom. The first-order valence-electron chi connectivity index (χ1n) is 9.33. The first-order valence-corrected chi connectivity index (χ1v) is 9.33. The summed E-state index contributed by atoms with van der Waals surface area (Å²) in [6.07, 6.45) is 8.99. The maximum absolute atomic E-state index is 12.1. The zero-order valence-corrected chi connectivity index (χ0v) is 14.3. The fourth-order valence-corrected chi connectivity index (χ4v) is 6.85. The SMILES string of the molecule is CC(=O)[C@H]1CC[C@H]2[C@@H]3CCC4=CC(=O)CC[C@]4(O)[C@H]3CC[C@]12C. The molecule has 1 N–H and O–H groups in total. The molecule has 0 radical (unpaired) electrons. The van der Waals surface area contributed by atoms with Gasteiger partial charge in [-0.25, -0.2) is 0 Å². The van der Waals surface area contributed by atoms with Gasteiger partial charge in [-0.1, -0.05) is 6.92 Å². The van der Waals surface area contributed by atoms with Gasteiger partial charge in [0.15, 0.2) is 5.78 Å². The maximum Gasteiger partial charge on any atom is 0.155 e. The number of fused-ring (bicyclic) bond motifs is 5. The van der Waals surface area contributed by atoms with Crippen LogP contribution in [0.15, 0.2) is 11.6 Å². The molecule has 4 aliphatic rings. The van der Waals surface area contributed by atoms with Crippen molar-refractivity contribution in [2.45, 2.75) is 70.8 Å². The van der Waals surface area contributed by atoms with Gasteiger partial charge in [0.05, 0.1) is 5.60 Å². The highest BCUT2D eigenvalue weighted by molar-refractivity contribution is 5.92. The van der Waals surface area contributed by atoms with Crippen molar-refractivity contribution in [1.29, 1.82) is 0 Å². The lowest BCUT2D eigenvalue weighted by Gasteiger charge is -2.56. The lowest BCUT2D eigenvalue weighted by molar-refractivity contribution is -0.135. The Morgan fingerprint density at radius 2 is 1.91 bits per heavy atom. The van der Waals surface area contributed by atoms with Gasteiger partial charge in [0.25, 0.3) is 0 Å². The molecule has 0 heterocycles. The van der Waals surface area contributed by atoms with Crippen LogP contribution >= 0.6 is 0 Å². The van der Waals surface area contributed by atoms with Gasteiger partial charge in [0.1, 0.15) is 5.78 Å². The molecule has 3 fully saturated rings. The molecule has 0 aromatic heterocycles. The van der Waals surface area contributed by atoms with Crippen LogP contribution in [-0.2, 0) is 9.59 Å². The lowest BCUT2D eigenvalue weighted by atomic mass is 9.49. The smallest absolute Gasteiger partial charge is 0.155 e. The Morgan fingerprint density at radius 3 is 2.65 bits per heavy atom. The monoisotopic (exact) mass is 316 g/mol. The number of hydrogen-bond donors (Lipinski definition) is 1. The quantitative estimate of drug-likeness (QED) is 0.806. The van der Waals surface area contributed by atoms with Gasteiger partial charge < -0.3 is 5.11 Å². The second-order valence-corrected chi connectivity index (χ2v) is 8.76. The third-order valence-electron chi connectivity index (χ3n) is 7.93. The zero-order chi connectivity index (χ0) is 16.4. The van der Waals surface area contributed by atoms with E-state index in [0.717, 1.165) is 44.1 Å². The van der Waals surface area contributed by atoms with Gasteiger partial charge in [-0.15, -0.1) is 0 Å². The molecule has 126 valence electrons. The average molecular weight is 316 g/mol. The van der Waals surface area contributed by atoms with E-state index in [1.165, 1.54) is 0 Å². The fraction of sp³-hybridized carbons (Fsp3) is 0.800. The van der Waals surface area contributed by atoms with E-state index in [2.05, 4.69) is 6.92 Å². The van der Waals surface area contributed by atoms with Crippen LogP contribution < -0.4 is 0 Å².